The van der Waals surface area contributed by atoms with Gasteiger partial charge in [0.25, 0.3) is 0 Å². The summed E-state index contributed by atoms with van der Waals surface area (Å²) in [4.78, 5) is 2.64. The number of morpholine rings is 1. The topological polar surface area (TPSA) is 12.5 Å². The average Bonchev–Trinajstić information content (AvgIpc) is 2.84. The summed E-state index contributed by atoms with van der Waals surface area (Å²) in [5.41, 5.74) is 0.604. The highest BCUT2D eigenvalue weighted by Gasteiger charge is 2.52. The van der Waals surface area contributed by atoms with Gasteiger partial charge in [0.15, 0.2) is 0 Å². The molecule has 0 amide bonds. The molecule has 2 nitrogen and oxygen atoms in total. The molecule has 2 bridgehead atoms. The maximum Gasteiger partial charge on any atom is 0.0678 e. The predicted octanol–water partition coefficient (Wildman–Crippen LogP) is 3.56. The molecular formula is C17H31NO. The van der Waals surface area contributed by atoms with Gasteiger partial charge in [0, 0.05) is 13.1 Å². The zero-order valence-electron chi connectivity index (χ0n) is 13.2. The van der Waals surface area contributed by atoms with Crippen LogP contribution in [0.3, 0.4) is 0 Å². The zero-order valence-corrected chi connectivity index (χ0v) is 13.2. The van der Waals surface area contributed by atoms with Crippen LogP contribution in [0.4, 0.5) is 0 Å². The van der Waals surface area contributed by atoms with Crippen LogP contribution in [-0.4, -0.2) is 36.7 Å². The van der Waals surface area contributed by atoms with Crippen molar-refractivity contribution in [2.24, 2.45) is 23.2 Å². The Morgan fingerprint density at radius 2 is 1.79 bits per heavy atom. The number of ether oxygens (including phenoxy) is 1. The van der Waals surface area contributed by atoms with Gasteiger partial charge in [-0.25, -0.2) is 0 Å². The molecule has 0 aromatic rings. The second-order valence-electron chi connectivity index (χ2n) is 8.00. The Kier molecular flexibility index (Phi) is 3.68. The first-order valence-corrected chi connectivity index (χ1v) is 8.34. The van der Waals surface area contributed by atoms with Crippen molar-refractivity contribution in [2.75, 3.05) is 19.6 Å². The van der Waals surface area contributed by atoms with Gasteiger partial charge in [-0.05, 0) is 69.2 Å². The van der Waals surface area contributed by atoms with E-state index in [0.717, 1.165) is 30.8 Å². The van der Waals surface area contributed by atoms with E-state index in [1.54, 1.807) is 0 Å². The quantitative estimate of drug-likeness (QED) is 0.773. The molecule has 0 aromatic heterocycles. The standard InChI is InChI=1S/C17H31NO/c1-12-10-18(11-13(2)19-12)8-7-16-14-5-6-15(9-14)17(16,3)4/h12-16H,5-11H2,1-4H3. The van der Waals surface area contributed by atoms with Crippen molar-refractivity contribution in [2.45, 2.75) is 65.6 Å². The van der Waals surface area contributed by atoms with Gasteiger partial charge in [0.2, 0.25) is 0 Å². The fraction of sp³-hybridized carbons (Fsp3) is 1.00. The molecule has 5 atom stereocenters. The maximum absolute atomic E-state index is 5.84. The number of fused-ring (bicyclic) bond motifs is 2. The van der Waals surface area contributed by atoms with E-state index in [9.17, 15) is 0 Å². The van der Waals surface area contributed by atoms with E-state index in [1.807, 2.05) is 0 Å². The van der Waals surface area contributed by atoms with Crippen molar-refractivity contribution < 1.29 is 4.74 Å². The molecule has 0 radical (unpaired) electrons. The van der Waals surface area contributed by atoms with Crippen LogP contribution in [0.2, 0.25) is 0 Å². The van der Waals surface area contributed by atoms with E-state index in [4.69, 9.17) is 4.74 Å². The van der Waals surface area contributed by atoms with Gasteiger partial charge in [0.1, 0.15) is 0 Å². The van der Waals surface area contributed by atoms with Gasteiger partial charge < -0.3 is 4.74 Å². The third-order valence-electron chi connectivity index (χ3n) is 6.30. The van der Waals surface area contributed by atoms with Crippen LogP contribution in [0.15, 0.2) is 0 Å². The smallest absolute Gasteiger partial charge is 0.0678 e. The molecule has 19 heavy (non-hydrogen) atoms. The summed E-state index contributed by atoms with van der Waals surface area (Å²) >= 11 is 0. The van der Waals surface area contributed by atoms with E-state index in [-0.39, 0.29) is 0 Å². The van der Waals surface area contributed by atoms with Crippen LogP contribution >= 0.6 is 0 Å². The van der Waals surface area contributed by atoms with Crippen molar-refractivity contribution in [3.63, 3.8) is 0 Å². The molecule has 0 spiro atoms. The maximum atomic E-state index is 5.84. The first-order chi connectivity index (χ1) is 8.96. The summed E-state index contributed by atoms with van der Waals surface area (Å²) in [7, 11) is 0. The molecule has 2 heteroatoms. The third-order valence-corrected chi connectivity index (χ3v) is 6.30. The Hall–Kier alpha value is -0.0800. The third kappa shape index (κ3) is 2.58. The Balaban J connectivity index is 1.55. The summed E-state index contributed by atoms with van der Waals surface area (Å²) in [6.07, 6.45) is 6.77. The molecule has 2 saturated carbocycles. The molecule has 3 fully saturated rings. The molecule has 0 aromatic carbocycles. The lowest BCUT2D eigenvalue weighted by Crippen LogP contribution is -2.46. The fourth-order valence-electron chi connectivity index (χ4n) is 5.36. The van der Waals surface area contributed by atoms with Gasteiger partial charge in [-0.3, -0.25) is 4.90 Å². The monoisotopic (exact) mass is 265 g/mol. The van der Waals surface area contributed by atoms with Gasteiger partial charge in [-0.15, -0.1) is 0 Å². The van der Waals surface area contributed by atoms with Crippen LogP contribution in [0.25, 0.3) is 0 Å². The number of hydrogen-bond donors (Lipinski definition) is 0. The van der Waals surface area contributed by atoms with Crippen LogP contribution in [-0.2, 0) is 4.74 Å². The Morgan fingerprint density at radius 3 is 2.37 bits per heavy atom. The van der Waals surface area contributed by atoms with E-state index in [0.29, 0.717) is 17.6 Å². The van der Waals surface area contributed by atoms with Crippen LogP contribution in [0.5, 0.6) is 0 Å². The second kappa shape index (κ2) is 5.04. The summed E-state index contributed by atoms with van der Waals surface area (Å²) in [5, 5.41) is 0. The van der Waals surface area contributed by atoms with Crippen molar-refractivity contribution >= 4 is 0 Å². The van der Waals surface area contributed by atoms with E-state index >= 15 is 0 Å². The highest BCUT2D eigenvalue weighted by atomic mass is 16.5. The predicted molar refractivity (Wildman–Crippen MR) is 79.2 cm³/mol. The average molecular weight is 265 g/mol. The molecule has 1 saturated heterocycles. The molecule has 1 heterocycles. The van der Waals surface area contributed by atoms with Crippen molar-refractivity contribution in [1.29, 1.82) is 0 Å². The highest BCUT2D eigenvalue weighted by molar-refractivity contribution is 5.01. The van der Waals surface area contributed by atoms with Gasteiger partial charge in [0.05, 0.1) is 12.2 Å². The minimum atomic E-state index is 0.414. The minimum absolute atomic E-state index is 0.414. The van der Waals surface area contributed by atoms with Crippen LogP contribution in [0, 0.1) is 23.2 Å². The lowest BCUT2D eigenvalue weighted by Gasteiger charge is -2.41. The Bertz CT molecular complexity index is 317. The lowest BCUT2D eigenvalue weighted by atomic mass is 9.67. The molecule has 1 aliphatic heterocycles. The van der Waals surface area contributed by atoms with Gasteiger partial charge >= 0.3 is 0 Å². The normalized spacial score (nSPS) is 45.8. The summed E-state index contributed by atoms with van der Waals surface area (Å²) in [5.74, 6) is 3.03. The summed E-state index contributed by atoms with van der Waals surface area (Å²) < 4.78 is 5.84. The molecule has 0 N–H and O–H groups in total. The fourth-order valence-corrected chi connectivity index (χ4v) is 5.36. The molecule has 3 aliphatic rings. The molecule has 2 aliphatic carbocycles. The van der Waals surface area contributed by atoms with Gasteiger partial charge in [-0.1, -0.05) is 13.8 Å². The first kappa shape index (κ1) is 13.9. The van der Waals surface area contributed by atoms with E-state index in [2.05, 4.69) is 32.6 Å². The van der Waals surface area contributed by atoms with Crippen LogP contribution < -0.4 is 0 Å². The second-order valence-corrected chi connectivity index (χ2v) is 8.00. The highest BCUT2D eigenvalue weighted by Crippen LogP contribution is 2.60. The lowest BCUT2D eigenvalue weighted by molar-refractivity contribution is -0.0707. The SMILES string of the molecule is CC1CN(CCC2C3CCC(C3)C2(C)C)CC(C)O1. The molecule has 5 unspecified atom stereocenters. The summed E-state index contributed by atoms with van der Waals surface area (Å²) in [6, 6.07) is 0. The first-order valence-electron chi connectivity index (χ1n) is 8.34. The summed E-state index contributed by atoms with van der Waals surface area (Å²) in [6.45, 7) is 13.0. The Morgan fingerprint density at radius 1 is 1.11 bits per heavy atom. The number of nitrogens with zero attached hydrogens (tertiary/aromatic N) is 1. The van der Waals surface area contributed by atoms with Crippen molar-refractivity contribution in [3.8, 4) is 0 Å². The largest absolute Gasteiger partial charge is 0.373 e. The van der Waals surface area contributed by atoms with Crippen molar-refractivity contribution in [1.82, 2.24) is 4.90 Å². The van der Waals surface area contributed by atoms with Crippen molar-refractivity contribution in [3.05, 3.63) is 0 Å². The molecule has 110 valence electrons. The Labute approximate surface area is 118 Å². The minimum Gasteiger partial charge on any atom is -0.373 e. The number of hydrogen-bond acceptors (Lipinski definition) is 2. The molecule has 3 rings (SSSR count). The van der Waals surface area contributed by atoms with Crippen LogP contribution in [0.1, 0.15) is 53.4 Å². The van der Waals surface area contributed by atoms with Gasteiger partial charge in [-0.2, -0.15) is 0 Å². The molecular weight excluding hydrogens is 234 g/mol. The number of rotatable bonds is 3. The van der Waals surface area contributed by atoms with E-state index in [1.165, 1.54) is 32.2 Å². The zero-order chi connectivity index (χ0) is 13.6. The van der Waals surface area contributed by atoms with E-state index < -0.39 is 0 Å².